The number of carbonyl (C=O) groups is 4. The highest BCUT2D eigenvalue weighted by Gasteiger charge is 2.42. The monoisotopic (exact) mass is 1660 g/mol. The van der Waals surface area contributed by atoms with Crippen LogP contribution in [0.15, 0.2) is 121 Å². The van der Waals surface area contributed by atoms with E-state index in [1.165, 1.54) is 164 Å². The number of hydrogen-bond donors (Lipinski definition) is 0. The SMILES string of the molecule is CCCCCCCCCCCCCCCCCCN1C(=O)c2cc(Oc3ccc(OCCCCCC)cc3)c3c4c(Oc5ccc(OCCCCCC)cc5)cc5c6c(cc(Oc7ccc(OCCCCCC)cc7)c(c7c(Oc8ccc(OCCCCCC)cc8)cc(c2c37)C1=O)c64)C(=O)N(CCCCCCCCCCCCCCCCCC)C5=O. The molecule has 11 rings (SSSR count). The Hall–Kier alpha value is -9.04. The highest BCUT2D eigenvalue weighted by atomic mass is 16.5. The Morgan fingerprint density at radius 3 is 0.541 bits per heavy atom. The van der Waals surface area contributed by atoms with Gasteiger partial charge >= 0.3 is 0 Å². The van der Waals surface area contributed by atoms with Gasteiger partial charge in [-0.25, -0.2) is 0 Å². The number of rotatable bonds is 66. The Balaban J connectivity index is 1.05. The fourth-order valence-electron chi connectivity index (χ4n) is 17.8. The molecule has 4 amide bonds. The van der Waals surface area contributed by atoms with E-state index in [1.807, 2.05) is 97.1 Å². The van der Waals surface area contributed by atoms with Gasteiger partial charge in [-0.15, -0.1) is 0 Å². The van der Waals surface area contributed by atoms with Crippen LogP contribution in [0.5, 0.6) is 69.0 Å². The number of benzene rings is 9. The highest BCUT2D eigenvalue weighted by molar-refractivity contribution is 6.45. The second-order valence-corrected chi connectivity index (χ2v) is 34.7. The van der Waals surface area contributed by atoms with Crippen molar-refractivity contribution in [1.29, 1.82) is 0 Å². The summed E-state index contributed by atoms with van der Waals surface area (Å²) in [4.78, 5) is 67.3. The molecule has 9 aromatic carbocycles. The average molecular weight is 1660 g/mol. The zero-order valence-corrected chi connectivity index (χ0v) is 75.5. The van der Waals surface area contributed by atoms with E-state index in [2.05, 4.69) is 41.5 Å². The maximum atomic E-state index is 16.1. The molecule has 0 N–H and O–H groups in total. The predicted molar refractivity (Wildman–Crippen MR) is 502 cm³/mol. The number of ether oxygens (including phenoxy) is 8. The lowest BCUT2D eigenvalue weighted by molar-refractivity contribution is 0.0592. The molecule has 14 heteroatoms. The van der Waals surface area contributed by atoms with Gasteiger partial charge < -0.3 is 37.9 Å². The Morgan fingerprint density at radius 1 is 0.189 bits per heavy atom. The molecule has 122 heavy (non-hydrogen) atoms. The van der Waals surface area contributed by atoms with Crippen molar-refractivity contribution in [3.63, 3.8) is 0 Å². The third kappa shape index (κ3) is 27.0. The first-order valence-electron chi connectivity index (χ1n) is 48.8. The van der Waals surface area contributed by atoms with Crippen LogP contribution in [0.25, 0.3) is 43.1 Å². The van der Waals surface area contributed by atoms with Crippen LogP contribution in [0, 0.1) is 0 Å². The smallest absolute Gasteiger partial charge is 0.261 e. The lowest BCUT2D eigenvalue weighted by atomic mass is 9.80. The Labute approximate surface area is 731 Å². The Bertz CT molecular complexity index is 4090. The first kappa shape index (κ1) is 93.7. The van der Waals surface area contributed by atoms with E-state index in [0.717, 1.165) is 141 Å². The maximum Gasteiger partial charge on any atom is 0.261 e. The van der Waals surface area contributed by atoms with Crippen LogP contribution in [0.3, 0.4) is 0 Å². The zero-order valence-electron chi connectivity index (χ0n) is 75.5. The number of imide groups is 2. The molecule has 2 heterocycles. The summed E-state index contributed by atoms with van der Waals surface area (Å²) in [6.07, 6.45) is 55.4. The molecule has 9 aromatic rings. The molecule has 0 radical (unpaired) electrons. The standard InChI is InChI=1S/C108H146N2O12/c1-7-13-19-25-27-29-31-33-35-37-39-41-43-45-47-49-71-109-105(111)89-77-93(119-85-63-55-81(56-64-85)115-73-51-21-15-9-3)99-101-95(121-87-67-59-83(60-68-87)117-75-53-23-17-11-5)79-91-98-92(108(114)110(107(91)113)72-50-48-46-44-42-40-38-36-34-32-30-28-26-20-14-8-2)80-96(122-88-69-61-84(62-70-88)118-76-54-24-18-12-6)102(104(98)101)100-94(78-90(106(109)112)97(89)103(99)100)120-86-65-57-82(58-66-86)116-74-52-22-16-10-4/h55-70,77-80H,7-54,71-76H2,1-6H3. The molecule has 0 fully saturated rings. The summed E-state index contributed by atoms with van der Waals surface area (Å²) in [5.41, 5.74) is 1.09. The summed E-state index contributed by atoms with van der Waals surface area (Å²) in [6.45, 7) is 16.0. The molecule has 0 saturated carbocycles. The van der Waals surface area contributed by atoms with Crippen LogP contribution in [-0.4, -0.2) is 72.9 Å². The first-order chi connectivity index (χ1) is 60.1. The van der Waals surface area contributed by atoms with Crippen molar-refractivity contribution in [2.45, 2.75) is 350 Å². The summed E-state index contributed by atoms with van der Waals surface area (Å²) in [5.74, 6) is 3.86. The number of carbonyl (C=O) groups excluding carboxylic acids is 4. The molecule has 0 aliphatic carbocycles. The van der Waals surface area contributed by atoms with E-state index in [1.54, 1.807) is 24.3 Å². The van der Waals surface area contributed by atoms with Gasteiger partial charge in [-0.05, 0) is 160 Å². The predicted octanol–water partition coefficient (Wildman–Crippen LogP) is 32.5. The van der Waals surface area contributed by atoms with Crippen molar-refractivity contribution in [2.24, 2.45) is 0 Å². The lowest BCUT2D eigenvalue weighted by Crippen LogP contribution is -2.41. The minimum Gasteiger partial charge on any atom is -0.494 e. The van der Waals surface area contributed by atoms with Gasteiger partial charge in [0.15, 0.2) is 0 Å². The van der Waals surface area contributed by atoms with Crippen molar-refractivity contribution < 1.29 is 57.1 Å². The van der Waals surface area contributed by atoms with Crippen molar-refractivity contribution in [3.8, 4) is 69.0 Å². The molecule has 2 aliphatic rings. The average Bonchev–Trinajstić information content (AvgIpc) is 0.671. The van der Waals surface area contributed by atoms with E-state index in [0.29, 0.717) is 128 Å². The van der Waals surface area contributed by atoms with Gasteiger partial charge in [0.2, 0.25) is 0 Å². The fourth-order valence-corrected chi connectivity index (χ4v) is 17.8. The third-order valence-electron chi connectivity index (χ3n) is 24.8. The molecule has 0 atom stereocenters. The van der Waals surface area contributed by atoms with Gasteiger partial charge in [0.05, 0.1) is 48.7 Å². The summed E-state index contributed by atoms with van der Waals surface area (Å²) < 4.78 is 55.0. The van der Waals surface area contributed by atoms with E-state index in [4.69, 9.17) is 37.9 Å². The Kier molecular flexibility index (Phi) is 39.8. The number of fused-ring (bicyclic) bond motifs is 2. The van der Waals surface area contributed by atoms with Crippen LogP contribution in [0.4, 0.5) is 0 Å². The summed E-state index contributed by atoms with van der Waals surface area (Å²) in [7, 11) is 0. The number of amides is 4. The summed E-state index contributed by atoms with van der Waals surface area (Å²) >= 11 is 0. The number of unbranched alkanes of at least 4 members (excludes halogenated alkanes) is 42. The molecule has 0 bridgehead atoms. The Morgan fingerprint density at radius 2 is 0.352 bits per heavy atom. The van der Waals surface area contributed by atoms with Crippen LogP contribution >= 0.6 is 0 Å². The van der Waals surface area contributed by atoms with Crippen molar-refractivity contribution >= 4 is 66.7 Å². The minimum absolute atomic E-state index is 0.209. The summed E-state index contributed by atoms with van der Waals surface area (Å²) in [6, 6.07) is 37.4. The van der Waals surface area contributed by atoms with E-state index in [9.17, 15) is 0 Å². The zero-order chi connectivity index (χ0) is 85.3. The fraction of sp³-hybridized carbons (Fsp3) is 0.556. The number of nitrogens with zero attached hydrogens (tertiary/aromatic N) is 2. The van der Waals surface area contributed by atoms with Crippen LogP contribution in [-0.2, 0) is 0 Å². The topological polar surface area (TPSA) is 149 Å². The third-order valence-corrected chi connectivity index (χ3v) is 24.8. The van der Waals surface area contributed by atoms with Gasteiger partial charge in [0.25, 0.3) is 23.6 Å². The van der Waals surface area contributed by atoms with Crippen molar-refractivity contribution in [2.75, 3.05) is 39.5 Å². The number of hydrogen-bond acceptors (Lipinski definition) is 12. The summed E-state index contributed by atoms with van der Waals surface area (Å²) in [5, 5.41) is 3.58. The van der Waals surface area contributed by atoms with Gasteiger partial charge in [-0.2, -0.15) is 0 Å². The van der Waals surface area contributed by atoms with E-state index in [-0.39, 0.29) is 58.3 Å². The quantitative estimate of drug-likeness (QED) is 0.0155. The van der Waals surface area contributed by atoms with E-state index < -0.39 is 23.6 Å². The normalized spacial score (nSPS) is 12.7. The maximum absolute atomic E-state index is 16.1. The molecule has 14 nitrogen and oxygen atoms in total. The molecule has 660 valence electrons. The molecule has 2 aliphatic heterocycles. The van der Waals surface area contributed by atoms with Gasteiger partial charge in [0.1, 0.15) is 69.0 Å². The van der Waals surface area contributed by atoms with Crippen LogP contribution in [0.2, 0.25) is 0 Å². The highest BCUT2D eigenvalue weighted by Crippen LogP contribution is 2.58. The van der Waals surface area contributed by atoms with Gasteiger partial charge in [-0.1, -0.05) is 311 Å². The minimum atomic E-state index is -0.443. The largest absolute Gasteiger partial charge is 0.494 e. The molecule has 0 aromatic heterocycles. The molecular weight excluding hydrogens is 1520 g/mol. The lowest BCUT2D eigenvalue weighted by Gasteiger charge is -2.32. The van der Waals surface area contributed by atoms with Gasteiger partial charge in [-0.3, -0.25) is 29.0 Å². The van der Waals surface area contributed by atoms with E-state index >= 15 is 19.2 Å². The molecule has 0 spiro atoms. The molecule has 0 saturated heterocycles. The molecular formula is C108H146N2O12. The van der Waals surface area contributed by atoms with Gasteiger partial charge in [0, 0.05) is 56.2 Å². The van der Waals surface area contributed by atoms with Crippen LogP contribution < -0.4 is 37.9 Å². The second-order valence-electron chi connectivity index (χ2n) is 34.7. The van der Waals surface area contributed by atoms with Crippen molar-refractivity contribution in [1.82, 2.24) is 9.80 Å². The molecule has 0 unspecified atom stereocenters. The van der Waals surface area contributed by atoms with Crippen molar-refractivity contribution in [3.05, 3.63) is 144 Å². The van der Waals surface area contributed by atoms with Crippen LogP contribution in [0.1, 0.15) is 391 Å². The first-order valence-corrected chi connectivity index (χ1v) is 48.8. The second kappa shape index (κ2) is 51.9.